The molecule has 35 heavy (non-hydrogen) atoms. The van der Waals surface area contributed by atoms with Crippen LogP contribution in [-0.2, 0) is 20.1 Å². The molecule has 2 heterocycles. The normalized spacial score (nSPS) is 11.1. The molecule has 5 heteroatoms. The second-order valence-electron chi connectivity index (χ2n) is 8.97. The average Bonchev–Trinajstić information content (AvgIpc) is 3.48. The lowest BCUT2D eigenvalue weighted by Gasteiger charge is -2.24. The monoisotopic (exact) mass is 479 g/mol. The number of para-hydroxylation sites is 1. The van der Waals surface area contributed by atoms with Crippen molar-refractivity contribution in [1.82, 2.24) is 9.47 Å². The van der Waals surface area contributed by atoms with E-state index in [9.17, 15) is 4.79 Å². The van der Waals surface area contributed by atoms with E-state index in [1.54, 1.807) is 11.3 Å². The summed E-state index contributed by atoms with van der Waals surface area (Å²) in [6.07, 6.45) is 0. The van der Waals surface area contributed by atoms with Gasteiger partial charge < -0.3 is 14.8 Å². The Balaban J connectivity index is 1.56. The highest BCUT2D eigenvalue weighted by molar-refractivity contribution is 7.13. The maximum atomic E-state index is 13.7. The topological polar surface area (TPSA) is 37.3 Å². The number of fused-ring (bicyclic) bond motifs is 1. The van der Waals surface area contributed by atoms with Gasteiger partial charge in [0.2, 0.25) is 0 Å². The lowest BCUT2D eigenvalue weighted by Crippen LogP contribution is -2.34. The fourth-order valence-electron chi connectivity index (χ4n) is 4.70. The third kappa shape index (κ3) is 4.73. The number of aryl methyl sites for hydroxylation is 3. The third-order valence-corrected chi connectivity index (χ3v) is 7.32. The second kappa shape index (κ2) is 9.80. The minimum atomic E-state index is -0.106. The van der Waals surface area contributed by atoms with E-state index in [0.29, 0.717) is 13.1 Å². The van der Waals surface area contributed by atoms with Crippen LogP contribution in [0.15, 0.2) is 90.3 Å². The van der Waals surface area contributed by atoms with E-state index >= 15 is 0 Å². The van der Waals surface area contributed by atoms with Crippen LogP contribution in [0.25, 0.3) is 21.5 Å². The van der Waals surface area contributed by atoms with Gasteiger partial charge in [0.1, 0.15) is 0 Å². The fraction of sp³-hybridized carbons (Fsp3) is 0.167. The summed E-state index contributed by atoms with van der Waals surface area (Å²) >= 11 is 1.73. The van der Waals surface area contributed by atoms with Crippen molar-refractivity contribution < 1.29 is 4.79 Å². The predicted molar refractivity (Wildman–Crippen MR) is 147 cm³/mol. The zero-order valence-corrected chi connectivity index (χ0v) is 21.1. The smallest absolute Gasteiger partial charge is 0.322 e. The molecule has 0 aliphatic rings. The molecule has 0 saturated heterocycles. The predicted octanol–water partition coefficient (Wildman–Crippen LogP) is 7.76. The van der Waals surface area contributed by atoms with Gasteiger partial charge in [-0.15, -0.1) is 11.3 Å². The highest BCUT2D eigenvalue weighted by Crippen LogP contribution is 2.36. The van der Waals surface area contributed by atoms with E-state index in [1.807, 2.05) is 42.2 Å². The summed E-state index contributed by atoms with van der Waals surface area (Å²) in [4.78, 5) is 16.8. The van der Waals surface area contributed by atoms with Crippen LogP contribution in [0.5, 0.6) is 0 Å². The Bertz CT molecular complexity index is 1470. The summed E-state index contributed by atoms with van der Waals surface area (Å²) in [5, 5.41) is 6.45. The summed E-state index contributed by atoms with van der Waals surface area (Å²) in [7, 11) is 2.11. The van der Waals surface area contributed by atoms with Crippen LogP contribution in [0, 0.1) is 13.8 Å². The van der Waals surface area contributed by atoms with Crippen LogP contribution in [0.3, 0.4) is 0 Å². The Labute approximate surface area is 210 Å². The van der Waals surface area contributed by atoms with Crippen molar-refractivity contribution >= 4 is 34.0 Å². The van der Waals surface area contributed by atoms with Crippen LogP contribution in [0.1, 0.15) is 22.3 Å². The molecule has 2 amide bonds. The lowest BCUT2D eigenvalue weighted by molar-refractivity contribution is 0.206. The number of nitrogens with zero attached hydrogens (tertiary/aromatic N) is 2. The van der Waals surface area contributed by atoms with Crippen LogP contribution in [0.2, 0.25) is 0 Å². The molecule has 0 bridgehead atoms. The number of hydrogen-bond acceptors (Lipinski definition) is 2. The summed E-state index contributed by atoms with van der Waals surface area (Å²) in [6, 6.07) is 28.9. The maximum Gasteiger partial charge on any atom is 0.322 e. The van der Waals surface area contributed by atoms with Gasteiger partial charge in [0, 0.05) is 35.7 Å². The molecule has 176 valence electrons. The molecule has 0 fully saturated rings. The molecule has 0 spiro atoms. The first-order valence-corrected chi connectivity index (χ1v) is 12.7. The number of nitrogens with one attached hydrogen (secondary N) is 1. The molecule has 0 atom stereocenters. The SMILES string of the molecule is Cc1ccc(NC(=O)N(Cc2ccccc2)Cc2c(-c3cccs3)n(C)c3ccccc23)c(C)c1. The Morgan fingerprint density at radius 3 is 2.43 bits per heavy atom. The quantitative estimate of drug-likeness (QED) is 0.265. The minimum absolute atomic E-state index is 0.106. The van der Waals surface area contributed by atoms with Gasteiger partial charge in [0.15, 0.2) is 0 Å². The van der Waals surface area contributed by atoms with Crippen LogP contribution in [-0.4, -0.2) is 15.5 Å². The zero-order chi connectivity index (χ0) is 24.4. The Kier molecular flexibility index (Phi) is 6.43. The number of urea groups is 1. The Hall–Kier alpha value is -3.83. The zero-order valence-electron chi connectivity index (χ0n) is 20.3. The van der Waals surface area contributed by atoms with Gasteiger partial charge in [-0.25, -0.2) is 4.79 Å². The molecule has 3 aromatic carbocycles. The molecule has 0 radical (unpaired) electrons. The molecular weight excluding hydrogens is 450 g/mol. The third-order valence-electron chi connectivity index (χ3n) is 6.44. The first kappa shape index (κ1) is 22.9. The number of carbonyl (C=O) groups excluding carboxylic acids is 1. The molecule has 2 aromatic heterocycles. The lowest BCUT2D eigenvalue weighted by atomic mass is 10.1. The Morgan fingerprint density at radius 2 is 1.69 bits per heavy atom. The van der Waals surface area contributed by atoms with Crippen molar-refractivity contribution in [2.24, 2.45) is 7.05 Å². The minimum Gasteiger partial charge on any atom is -0.343 e. The molecular formula is C30H29N3OS. The fourth-order valence-corrected chi connectivity index (χ4v) is 5.53. The summed E-state index contributed by atoms with van der Waals surface area (Å²) < 4.78 is 2.25. The first-order chi connectivity index (χ1) is 17.0. The van der Waals surface area contributed by atoms with Gasteiger partial charge in [-0.2, -0.15) is 0 Å². The number of amides is 2. The van der Waals surface area contributed by atoms with Gasteiger partial charge in [-0.1, -0.05) is 72.3 Å². The van der Waals surface area contributed by atoms with Crippen LogP contribution >= 0.6 is 11.3 Å². The molecule has 5 aromatic rings. The summed E-state index contributed by atoms with van der Waals surface area (Å²) in [6.45, 7) is 5.11. The number of benzene rings is 3. The summed E-state index contributed by atoms with van der Waals surface area (Å²) in [5.74, 6) is 0. The number of anilines is 1. The van der Waals surface area contributed by atoms with Gasteiger partial charge in [-0.3, -0.25) is 0 Å². The molecule has 0 aliphatic carbocycles. The average molecular weight is 480 g/mol. The van der Waals surface area contributed by atoms with E-state index in [1.165, 1.54) is 27.0 Å². The number of carbonyl (C=O) groups is 1. The number of aromatic nitrogens is 1. The van der Waals surface area contributed by atoms with E-state index in [0.717, 1.165) is 22.4 Å². The van der Waals surface area contributed by atoms with E-state index in [-0.39, 0.29) is 6.03 Å². The number of hydrogen-bond donors (Lipinski definition) is 1. The van der Waals surface area contributed by atoms with Gasteiger partial charge in [-0.05, 0) is 48.6 Å². The van der Waals surface area contributed by atoms with Crippen molar-refractivity contribution in [2.45, 2.75) is 26.9 Å². The second-order valence-corrected chi connectivity index (χ2v) is 9.92. The molecule has 5 rings (SSSR count). The molecule has 0 saturated carbocycles. The van der Waals surface area contributed by atoms with Crippen molar-refractivity contribution in [3.05, 3.63) is 113 Å². The number of thiophene rings is 1. The van der Waals surface area contributed by atoms with Gasteiger partial charge in [0.25, 0.3) is 0 Å². The summed E-state index contributed by atoms with van der Waals surface area (Å²) in [5.41, 5.74) is 7.67. The van der Waals surface area contributed by atoms with Crippen molar-refractivity contribution in [3.63, 3.8) is 0 Å². The molecule has 0 aliphatic heterocycles. The molecule has 1 N–H and O–H groups in total. The maximum absolute atomic E-state index is 13.7. The standard InChI is InChI=1S/C30H29N3OS/c1-21-15-16-26(22(2)18-21)31-30(34)33(19-23-10-5-4-6-11-23)20-25-24-12-7-8-13-27(24)32(3)29(25)28-14-9-17-35-28/h4-18H,19-20H2,1-3H3,(H,31,34). The van der Waals surface area contributed by atoms with E-state index in [2.05, 4.69) is 83.8 Å². The Morgan fingerprint density at radius 1 is 0.914 bits per heavy atom. The van der Waals surface area contributed by atoms with Crippen molar-refractivity contribution in [1.29, 1.82) is 0 Å². The highest BCUT2D eigenvalue weighted by atomic mass is 32.1. The van der Waals surface area contributed by atoms with E-state index in [4.69, 9.17) is 0 Å². The molecule has 4 nitrogen and oxygen atoms in total. The van der Waals surface area contributed by atoms with Crippen LogP contribution < -0.4 is 5.32 Å². The largest absolute Gasteiger partial charge is 0.343 e. The van der Waals surface area contributed by atoms with E-state index < -0.39 is 0 Å². The van der Waals surface area contributed by atoms with Crippen molar-refractivity contribution in [3.8, 4) is 10.6 Å². The van der Waals surface area contributed by atoms with Gasteiger partial charge >= 0.3 is 6.03 Å². The van der Waals surface area contributed by atoms with Gasteiger partial charge in [0.05, 0.1) is 17.1 Å². The molecule has 0 unspecified atom stereocenters. The van der Waals surface area contributed by atoms with Crippen molar-refractivity contribution in [2.75, 3.05) is 5.32 Å². The number of rotatable bonds is 6. The first-order valence-electron chi connectivity index (χ1n) is 11.8. The van der Waals surface area contributed by atoms with Crippen LogP contribution in [0.4, 0.5) is 10.5 Å². The highest BCUT2D eigenvalue weighted by Gasteiger charge is 2.23.